The molecule has 0 bridgehead atoms. The summed E-state index contributed by atoms with van der Waals surface area (Å²) in [5.74, 6) is 0. The van der Waals surface area contributed by atoms with Crippen LogP contribution in [0.1, 0.15) is 0 Å². The number of hydrogen-bond acceptors (Lipinski definition) is 4. The fourth-order valence-corrected chi connectivity index (χ4v) is 6.48. The normalized spacial score (nSPS) is 23.9. The van der Waals surface area contributed by atoms with E-state index in [1.54, 1.807) is 0 Å². The Morgan fingerprint density at radius 2 is 1.26 bits per heavy atom. The van der Waals surface area contributed by atoms with E-state index < -0.39 is 7.36 Å². The van der Waals surface area contributed by atoms with Gasteiger partial charge in [-0.2, -0.15) is 0 Å². The van der Waals surface area contributed by atoms with Crippen LogP contribution in [0, 0.1) is 0 Å². The first kappa shape index (κ1) is 11.2. The van der Waals surface area contributed by atoms with Crippen molar-refractivity contribution in [3.05, 3.63) is 54.6 Å². The van der Waals surface area contributed by atoms with Crippen LogP contribution in [0.2, 0.25) is 0 Å². The number of hydrogen-bond donors (Lipinski definition) is 2. The predicted molar refractivity (Wildman–Crippen MR) is 78.6 cm³/mol. The van der Waals surface area contributed by atoms with Gasteiger partial charge in [-0.3, -0.25) is 0 Å². The molecular formula is C14H15N2O2P. The van der Waals surface area contributed by atoms with Gasteiger partial charge in [0.15, 0.2) is 0 Å². The third-order valence-electron chi connectivity index (χ3n) is 3.56. The Morgan fingerprint density at radius 1 is 0.737 bits per heavy atom. The molecule has 98 valence electrons. The van der Waals surface area contributed by atoms with E-state index in [0.717, 1.165) is 16.7 Å². The first-order valence-corrected chi connectivity index (χ1v) is 8.42. The second kappa shape index (κ2) is 3.70. The zero-order valence-corrected chi connectivity index (χ0v) is 11.3. The van der Waals surface area contributed by atoms with Gasteiger partial charge in [0.25, 0.3) is 0 Å². The SMILES string of the molecule is c1ccc(P23(Nc4ccccc4N2)OCCO3)cc1. The summed E-state index contributed by atoms with van der Waals surface area (Å²) < 4.78 is 12.3. The zero-order valence-electron chi connectivity index (χ0n) is 10.4. The molecule has 0 saturated carbocycles. The van der Waals surface area contributed by atoms with Crippen LogP contribution in [0.25, 0.3) is 0 Å². The molecule has 0 aliphatic carbocycles. The van der Waals surface area contributed by atoms with Gasteiger partial charge in [-0.15, -0.1) is 0 Å². The summed E-state index contributed by atoms with van der Waals surface area (Å²) in [7, 11) is -3.19. The molecule has 1 spiro atoms. The van der Waals surface area contributed by atoms with Crippen LogP contribution < -0.4 is 15.5 Å². The number of para-hydroxylation sites is 2. The van der Waals surface area contributed by atoms with Gasteiger partial charge < -0.3 is 0 Å². The molecule has 2 N–H and O–H groups in total. The van der Waals surface area contributed by atoms with Gasteiger partial charge in [-0.25, -0.2) is 0 Å². The molecule has 0 amide bonds. The van der Waals surface area contributed by atoms with Crippen molar-refractivity contribution < 1.29 is 9.05 Å². The minimum absolute atomic E-state index is 0.598. The molecule has 4 rings (SSSR count). The van der Waals surface area contributed by atoms with Crippen LogP contribution in [-0.2, 0) is 9.05 Å². The van der Waals surface area contributed by atoms with Crippen molar-refractivity contribution in [1.29, 1.82) is 0 Å². The zero-order chi connectivity index (χ0) is 12.8. The van der Waals surface area contributed by atoms with Crippen molar-refractivity contribution in [2.45, 2.75) is 0 Å². The second-order valence-corrected chi connectivity index (χ2v) is 8.12. The molecule has 2 aliphatic rings. The van der Waals surface area contributed by atoms with Gasteiger partial charge in [0.05, 0.1) is 0 Å². The molecule has 2 aromatic carbocycles. The summed E-state index contributed by atoms with van der Waals surface area (Å²) >= 11 is 0. The Balaban J connectivity index is 1.91. The Labute approximate surface area is 111 Å². The van der Waals surface area contributed by atoms with Gasteiger partial charge in [-0.05, 0) is 0 Å². The number of benzene rings is 2. The molecule has 1 fully saturated rings. The molecule has 5 heteroatoms. The summed E-state index contributed by atoms with van der Waals surface area (Å²) in [4.78, 5) is 0. The predicted octanol–water partition coefficient (Wildman–Crippen LogP) is 3.11. The molecule has 0 atom stereocenters. The molecular weight excluding hydrogens is 259 g/mol. The van der Waals surface area contributed by atoms with E-state index in [2.05, 4.69) is 22.3 Å². The number of rotatable bonds is 1. The summed E-state index contributed by atoms with van der Waals surface area (Å²) in [6.45, 7) is 1.20. The van der Waals surface area contributed by atoms with E-state index in [9.17, 15) is 0 Å². The van der Waals surface area contributed by atoms with E-state index in [1.165, 1.54) is 0 Å². The fourth-order valence-electron chi connectivity index (χ4n) is 2.71. The molecule has 2 heterocycles. The molecule has 1 saturated heterocycles. The second-order valence-electron chi connectivity index (χ2n) is 4.73. The number of nitrogens with one attached hydrogen (secondary N) is 2. The van der Waals surface area contributed by atoms with Gasteiger partial charge in [0.2, 0.25) is 0 Å². The van der Waals surface area contributed by atoms with Crippen LogP contribution in [0.3, 0.4) is 0 Å². The van der Waals surface area contributed by atoms with Crippen molar-refractivity contribution in [1.82, 2.24) is 0 Å². The Kier molecular flexibility index (Phi) is 2.19. The molecule has 0 radical (unpaired) electrons. The van der Waals surface area contributed by atoms with Crippen LogP contribution in [-0.4, -0.2) is 13.2 Å². The Morgan fingerprint density at radius 3 is 1.84 bits per heavy atom. The molecule has 4 nitrogen and oxygen atoms in total. The van der Waals surface area contributed by atoms with Crippen molar-refractivity contribution in [3.8, 4) is 0 Å². The van der Waals surface area contributed by atoms with E-state index in [1.807, 2.05) is 42.5 Å². The number of fused-ring (bicyclic) bond motifs is 1. The van der Waals surface area contributed by atoms with Crippen molar-refractivity contribution in [2.24, 2.45) is 0 Å². The number of anilines is 2. The first-order valence-electron chi connectivity index (χ1n) is 6.35. The summed E-state index contributed by atoms with van der Waals surface area (Å²) in [5.41, 5.74) is 2.07. The minimum atomic E-state index is -3.19. The van der Waals surface area contributed by atoms with Crippen LogP contribution in [0.15, 0.2) is 54.6 Å². The maximum absolute atomic E-state index is 6.14. The third kappa shape index (κ3) is 1.45. The fraction of sp³-hybridized carbons (Fsp3) is 0.143. The molecule has 19 heavy (non-hydrogen) atoms. The topological polar surface area (TPSA) is 42.5 Å². The summed E-state index contributed by atoms with van der Waals surface area (Å²) in [6.07, 6.45) is 0. The van der Waals surface area contributed by atoms with Crippen molar-refractivity contribution in [3.63, 3.8) is 0 Å². The quantitative estimate of drug-likeness (QED) is 0.784. The van der Waals surface area contributed by atoms with E-state index >= 15 is 0 Å². The standard InChI is InChI=1S/C14H15N2O2P/c1-2-6-12(7-3-1)19(17-10-11-18-19)15-13-8-4-5-9-14(13)16-19/h1-9,15-16H,10-11H2. The molecule has 2 aromatic rings. The van der Waals surface area contributed by atoms with Crippen molar-refractivity contribution >= 4 is 24.0 Å². The average Bonchev–Trinajstić information content (AvgIpc) is 3.04. The van der Waals surface area contributed by atoms with Crippen LogP contribution in [0.5, 0.6) is 0 Å². The van der Waals surface area contributed by atoms with Crippen LogP contribution in [0.4, 0.5) is 11.4 Å². The summed E-state index contributed by atoms with van der Waals surface area (Å²) in [5, 5.41) is 8.07. The monoisotopic (exact) mass is 274 g/mol. The summed E-state index contributed by atoms with van der Waals surface area (Å²) in [6, 6.07) is 18.2. The average molecular weight is 274 g/mol. The van der Waals surface area contributed by atoms with Gasteiger partial charge in [0, 0.05) is 0 Å². The first-order chi connectivity index (χ1) is 9.31. The molecule has 0 unspecified atom stereocenters. The van der Waals surface area contributed by atoms with E-state index in [4.69, 9.17) is 9.05 Å². The van der Waals surface area contributed by atoms with E-state index in [0.29, 0.717) is 13.2 Å². The van der Waals surface area contributed by atoms with Gasteiger partial charge >= 0.3 is 111 Å². The molecule has 0 aromatic heterocycles. The van der Waals surface area contributed by atoms with Gasteiger partial charge in [-0.1, -0.05) is 0 Å². The Bertz CT molecular complexity index is 597. The third-order valence-corrected chi connectivity index (χ3v) is 7.44. The van der Waals surface area contributed by atoms with Gasteiger partial charge in [0.1, 0.15) is 0 Å². The van der Waals surface area contributed by atoms with Crippen LogP contribution >= 0.6 is 7.36 Å². The maximum atomic E-state index is 6.14. The van der Waals surface area contributed by atoms with E-state index in [-0.39, 0.29) is 0 Å². The Hall–Kier alpha value is -1.61. The van der Waals surface area contributed by atoms with Crippen molar-refractivity contribution in [2.75, 3.05) is 23.4 Å². The molecule has 2 aliphatic heterocycles.